The number of rotatable bonds is 3. The Labute approximate surface area is 123 Å². The normalized spacial score (nSPS) is 21.5. The van der Waals surface area contributed by atoms with Crippen LogP contribution in [0.15, 0.2) is 18.2 Å². The Bertz CT molecular complexity index is 543. The third kappa shape index (κ3) is 3.56. The van der Waals surface area contributed by atoms with Crippen LogP contribution in [-0.4, -0.2) is 43.0 Å². The molecule has 106 valence electrons. The average molecular weight is 321 g/mol. The predicted molar refractivity (Wildman–Crippen MR) is 82.2 cm³/mol. The van der Waals surface area contributed by atoms with E-state index in [4.69, 9.17) is 17.3 Å². The zero-order chi connectivity index (χ0) is 14.0. The zero-order valence-corrected chi connectivity index (χ0v) is 13.1. The summed E-state index contributed by atoms with van der Waals surface area (Å²) in [6.07, 6.45) is 1.28. The monoisotopic (exact) mass is 320 g/mol. The van der Waals surface area contributed by atoms with Crippen molar-refractivity contribution in [2.45, 2.75) is 11.9 Å². The van der Waals surface area contributed by atoms with Crippen LogP contribution in [0.1, 0.15) is 5.56 Å². The maximum absolute atomic E-state index is 11.8. The molecule has 1 saturated heterocycles. The summed E-state index contributed by atoms with van der Waals surface area (Å²) >= 11 is 7.82. The van der Waals surface area contributed by atoms with Gasteiger partial charge >= 0.3 is 0 Å². The molecule has 0 bridgehead atoms. The molecule has 1 atom stereocenters. The fourth-order valence-electron chi connectivity index (χ4n) is 2.14. The van der Waals surface area contributed by atoms with Gasteiger partial charge in [-0.15, -0.1) is 0 Å². The number of sulfone groups is 1. The molecule has 1 aliphatic heterocycles. The van der Waals surface area contributed by atoms with Crippen molar-refractivity contribution in [3.8, 4) is 0 Å². The van der Waals surface area contributed by atoms with Crippen LogP contribution in [0.4, 0.5) is 5.69 Å². The second-order valence-corrected chi connectivity index (χ2v) is 8.40. The Morgan fingerprint density at radius 1 is 1.53 bits per heavy atom. The van der Waals surface area contributed by atoms with Crippen LogP contribution in [0.3, 0.4) is 0 Å². The van der Waals surface area contributed by atoms with Crippen LogP contribution in [0, 0.1) is 0 Å². The minimum absolute atomic E-state index is 0.457. The van der Waals surface area contributed by atoms with Crippen molar-refractivity contribution in [1.29, 1.82) is 0 Å². The van der Waals surface area contributed by atoms with Crippen molar-refractivity contribution >= 4 is 38.9 Å². The van der Waals surface area contributed by atoms with Gasteiger partial charge in [0.05, 0.1) is 0 Å². The lowest BCUT2D eigenvalue weighted by Crippen LogP contribution is -2.46. The summed E-state index contributed by atoms with van der Waals surface area (Å²) in [5, 5.41) is 0.132. The van der Waals surface area contributed by atoms with Gasteiger partial charge in [0, 0.05) is 47.1 Å². The maximum atomic E-state index is 11.8. The van der Waals surface area contributed by atoms with Crippen LogP contribution in [0.2, 0.25) is 5.02 Å². The van der Waals surface area contributed by atoms with Crippen molar-refractivity contribution in [3.63, 3.8) is 0 Å². The van der Waals surface area contributed by atoms with Crippen LogP contribution >= 0.6 is 23.4 Å². The minimum atomic E-state index is -3.10. The number of anilines is 1. The van der Waals surface area contributed by atoms with Gasteiger partial charge in [-0.3, -0.25) is 4.90 Å². The Kier molecular flexibility index (Phi) is 4.66. The summed E-state index contributed by atoms with van der Waals surface area (Å²) in [6, 6.07) is 5.36. The minimum Gasteiger partial charge on any atom is -0.398 e. The molecule has 1 unspecified atom stereocenters. The molecule has 0 aromatic heterocycles. The molecule has 0 saturated carbocycles. The molecule has 1 aliphatic rings. The summed E-state index contributed by atoms with van der Waals surface area (Å²) in [6.45, 7) is 1.21. The second-order valence-electron chi connectivity index (χ2n) is 4.64. The van der Waals surface area contributed by atoms with Gasteiger partial charge < -0.3 is 5.73 Å². The van der Waals surface area contributed by atoms with Gasteiger partial charge in [-0.05, 0) is 12.1 Å². The van der Waals surface area contributed by atoms with E-state index in [2.05, 4.69) is 0 Å². The number of halogens is 1. The van der Waals surface area contributed by atoms with Crippen molar-refractivity contribution in [1.82, 2.24) is 4.90 Å². The summed E-state index contributed by atoms with van der Waals surface area (Å²) in [5.41, 5.74) is 7.35. The third-order valence-corrected chi connectivity index (χ3v) is 6.24. The van der Waals surface area contributed by atoms with Gasteiger partial charge in [-0.2, -0.15) is 11.8 Å². The molecular formula is C12H17ClN2O2S2. The van der Waals surface area contributed by atoms with E-state index in [1.165, 1.54) is 6.26 Å². The lowest BCUT2D eigenvalue weighted by atomic mass is 10.1. The van der Waals surface area contributed by atoms with E-state index >= 15 is 0 Å². The molecule has 2 N–H and O–H groups in total. The van der Waals surface area contributed by atoms with Gasteiger partial charge in [-0.1, -0.05) is 17.7 Å². The summed E-state index contributed by atoms with van der Waals surface area (Å²) in [5.74, 6) is 1.53. The van der Waals surface area contributed by atoms with E-state index in [-0.39, 0.29) is 0 Å². The number of thioether (sulfide) groups is 1. The molecule has 0 spiro atoms. The highest BCUT2D eigenvalue weighted by Gasteiger charge is 2.31. The quantitative estimate of drug-likeness (QED) is 0.861. The lowest BCUT2D eigenvalue weighted by molar-refractivity contribution is 0.263. The number of hydrogen-bond acceptors (Lipinski definition) is 5. The van der Waals surface area contributed by atoms with E-state index in [1.807, 2.05) is 4.90 Å². The average Bonchev–Trinajstić information content (AvgIpc) is 2.33. The topological polar surface area (TPSA) is 63.4 Å². The molecule has 4 nitrogen and oxygen atoms in total. The standard InChI is InChI=1S/C12H17ClN2O2S2/c1-19(16,17)12-8-18-6-5-15(12)7-9-10(13)3-2-4-11(9)14/h2-4,12H,5-8,14H2,1H3. The first kappa shape index (κ1) is 15.0. The summed E-state index contributed by atoms with van der Waals surface area (Å²) in [7, 11) is -3.10. The van der Waals surface area contributed by atoms with Crippen LogP contribution in [0.5, 0.6) is 0 Å². The Balaban J connectivity index is 2.25. The van der Waals surface area contributed by atoms with Gasteiger partial charge in [0.2, 0.25) is 0 Å². The van der Waals surface area contributed by atoms with Crippen molar-refractivity contribution in [3.05, 3.63) is 28.8 Å². The smallest absolute Gasteiger partial charge is 0.164 e. The fourth-order valence-corrected chi connectivity index (χ4v) is 5.32. The molecule has 0 radical (unpaired) electrons. The predicted octanol–water partition coefficient (Wildman–Crippen LogP) is 1.84. The first-order valence-electron chi connectivity index (χ1n) is 5.93. The summed E-state index contributed by atoms with van der Waals surface area (Å²) in [4.78, 5) is 1.95. The number of benzene rings is 1. The number of hydrogen-bond donors (Lipinski definition) is 1. The molecule has 1 heterocycles. The number of nitrogens with zero attached hydrogens (tertiary/aromatic N) is 1. The van der Waals surface area contributed by atoms with E-state index in [1.54, 1.807) is 30.0 Å². The molecule has 7 heteroatoms. The Hall–Kier alpha value is -0.430. The van der Waals surface area contributed by atoms with Gasteiger partial charge in [0.1, 0.15) is 5.37 Å². The molecule has 1 aromatic rings. The maximum Gasteiger partial charge on any atom is 0.164 e. The van der Waals surface area contributed by atoms with Crippen LogP contribution < -0.4 is 5.73 Å². The van der Waals surface area contributed by atoms with Crippen molar-refractivity contribution in [2.75, 3.05) is 30.0 Å². The second kappa shape index (κ2) is 5.91. The first-order valence-corrected chi connectivity index (χ1v) is 9.42. The molecule has 0 aliphatic carbocycles. The van der Waals surface area contributed by atoms with E-state index in [0.717, 1.165) is 17.9 Å². The molecule has 1 aromatic carbocycles. The zero-order valence-electron chi connectivity index (χ0n) is 10.7. The van der Waals surface area contributed by atoms with E-state index < -0.39 is 15.2 Å². The van der Waals surface area contributed by atoms with Gasteiger partial charge in [0.25, 0.3) is 0 Å². The molecule has 1 fully saturated rings. The van der Waals surface area contributed by atoms with Crippen molar-refractivity contribution in [2.24, 2.45) is 0 Å². The molecular weight excluding hydrogens is 304 g/mol. The number of nitrogen functional groups attached to an aromatic ring is 1. The SMILES string of the molecule is CS(=O)(=O)C1CSCCN1Cc1c(N)cccc1Cl. The van der Waals surface area contributed by atoms with Gasteiger partial charge in [0.15, 0.2) is 9.84 Å². The highest BCUT2D eigenvalue weighted by molar-refractivity contribution is 8.00. The first-order chi connectivity index (χ1) is 8.89. The summed E-state index contributed by atoms with van der Waals surface area (Å²) < 4.78 is 23.7. The molecule has 2 rings (SSSR count). The largest absolute Gasteiger partial charge is 0.398 e. The van der Waals surface area contributed by atoms with Crippen molar-refractivity contribution < 1.29 is 8.42 Å². The molecule has 19 heavy (non-hydrogen) atoms. The van der Waals surface area contributed by atoms with Gasteiger partial charge in [-0.25, -0.2) is 8.42 Å². The Morgan fingerprint density at radius 3 is 2.89 bits per heavy atom. The Morgan fingerprint density at radius 2 is 2.26 bits per heavy atom. The number of nitrogens with two attached hydrogens (primary N) is 1. The highest BCUT2D eigenvalue weighted by atomic mass is 35.5. The van der Waals surface area contributed by atoms with E-state index in [0.29, 0.717) is 23.0 Å². The third-order valence-electron chi connectivity index (χ3n) is 3.20. The van der Waals surface area contributed by atoms with Crippen LogP contribution in [-0.2, 0) is 16.4 Å². The molecule has 0 amide bonds. The highest BCUT2D eigenvalue weighted by Crippen LogP contribution is 2.28. The lowest BCUT2D eigenvalue weighted by Gasteiger charge is -2.34. The van der Waals surface area contributed by atoms with E-state index in [9.17, 15) is 8.42 Å². The fraction of sp³-hybridized carbons (Fsp3) is 0.500. The van der Waals surface area contributed by atoms with Crippen LogP contribution in [0.25, 0.3) is 0 Å².